The third kappa shape index (κ3) is 3.12. The molecular weight excluding hydrogens is 336 g/mol. The first-order valence-electron chi connectivity index (χ1n) is 7.72. The number of anilines is 1. The van der Waals surface area contributed by atoms with Gasteiger partial charge in [0.05, 0.1) is 23.8 Å². The van der Waals surface area contributed by atoms with E-state index in [9.17, 15) is 14.7 Å². The van der Waals surface area contributed by atoms with Gasteiger partial charge in [0.1, 0.15) is 12.0 Å². The van der Waals surface area contributed by atoms with Gasteiger partial charge < -0.3 is 20.1 Å². The van der Waals surface area contributed by atoms with Crippen LogP contribution < -0.4 is 5.32 Å². The summed E-state index contributed by atoms with van der Waals surface area (Å²) in [7, 11) is 1.42. The van der Waals surface area contributed by atoms with Crippen LogP contribution in [0, 0.1) is 0 Å². The van der Waals surface area contributed by atoms with Gasteiger partial charge in [0, 0.05) is 17.4 Å². The topological polar surface area (TPSA) is 117 Å². The maximum absolute atomic E-state index is 12.1. The zero-order valence-corrected chi connectivity index (χ0v) is 14.1. The van der Waals surface area contributed by atoms with Gasteiger partial charge in [-0.1, -0.05) is 12.1 Å². The van der Waals surface area contributed by atoms with Crippen LogP contribution in [0.2, 0.25) is 0 Å². The van der Waals surface area contributed by atoms with Crippen LogP contribution in [0.1, 0.15) is 17.3 Å². The molecule has 132 valence electrons. The van der Waals surface area contributed by atoms with Crippen LogP contribution in [0.4, 0.5) is 5.69 Å². The zero-order valence-electron chi connectivity index (χ0n) is 14.1. The van der Waals surface area contributed by atoms with Gasteiger partial charge in [-0.3, -0.25) is 4.79 Å². The molecule has 0 fully saturated rings. The molecule has 0 saturated carbocycles. The maximum Gasteiger partial charge on any atom is 0.338 e. The molecule has 26 heavy (non-hydrogen) atoms. The summed E-state index contributed by atoms with van der Waals surface area (Å²) in [6.07, 6.45) is 4.30. The van der Waals surface area contributed by atoms with Crippen molar-refractivity contribution in [2.75, 3.05) is 12.4 Å². The number of rotatable bonds is 5. The number of methoxy groups -OCH3 is 1. The van der Waals surface area contributed by atoms with Crippen LogP contribution in [-0.4, -0.2) is 39.0 Å². The maximum atomic E-state index is 12.1. The number of carboxylic acid groups (broad SMARTS) is 1. The number of carbonyl (C=O) groups is 2. The summed E-state index contributed by atoms with van der Waals surface area (Å²) in [4.78, 5) is 34.7. The highest BCUT2D eigenvalue weighted by Crippen LogP contribution is 2.29. The second-order valence-electron chi connectivity index (χ2n) is 5.35. The zero-order chi connectivity index (χ0) is 18.7. The second-order valence-corrected chi connectivity index (χ2v) is 5.35. The van der Waals surface area contributed by atoms with Gasteiger partial charge in [-0.15, -0.1) is 0 Å². The quantitative estimate of drug-likeness (QED) is 0.480. The molecular formula is C18H16N4O4. The molecule has 0 spiro atoms. The van der Waals surface area contributed by atoms with E-state index in [1.54, 1.807) is 37.3 Å². The van der Waals surface area contributed by atoms with E-state index in [4.69, 9.17) is 4.74 Å². The Hall–Kier alpha value is -3.68. The highest BCUT2D eigenvalue weighted by Gasteiger charge is 2.17. The molecule has 3 rings (SSSR count). The lowest BCUT2D eigenvalue weighted by Gasteiger charge is -2.09. The number of aromatic carboxylic acids is 1. The molecule has 0 bridgehead atoms. The number of hydrogen-bond donors (Lipinski definition) is 3. The lowest BCUT2D eigenvalue weighted by molar-refractivity contribution is -0.115. The third-order valence-corrected chi connectivity index (χ3v) is 3.80. The van der Waals surface area contributed by atoms with E-state index >= 15 is 0 Å². The Labute approximate surface area is 148 Å². The Morgan fingerprint density at radius 2 is 2.12 bits per heavy atom. The Morgan fingerprint density at radius 1 is 1.31 bits per heavy atom. The number of nitrogens with one attached hydrogen (secondary N) is 2. The fourth-order valence-electron chi connectivity index (χ4n) is 2.63. The minimum atomic E-state index is -1.07. The number of aromatic nitrogens is 3. The van der Waals surface area contributed by atoms with E-state index in [2.05, 4.69) is 20.3 Å². The van der Waals surface area contributed by atoms with Crippen LogP contribution in [0.5, 0.6) is 0 Å². The normalized spacial score (nSPS) is 11.4. The first kappa shape index (κ1) is 17.2. The predicted molar refractivity (Wildman–Crippen MR) is 95.7 cm³/mol. The van der Waals surface area contributed by atoms with Gasteiger partial charge in [0.15, 0.2) is 5.76 Å². The van der Waals surface area contributed by atoms with Crippen molar-refractivity contribution in [2.24, 2.45) is 0 Å². The van der Waals surface area contributed by atoms with Crippen LogP contribution in [0.3, 0.4) is 0 Å². The van der Waals surface area contributed by atoms with E-state index < -0.39 is 5.97 Å². The van der Waals surface area contributed by atoms with Gasteiger partial charge in [-0.2, -0.15) is 0 Å². The van der Waals surface area contributed by atoms with Crippen molar-refractivity contribution in [3.63, 3.8) is 0 Å². The summed E-state index contributed by atoms with van der Waals surface area (Å²) >= 11 is 0. The standard InChI is InChI=1S/C18H16N4O4/c1-3-13(26-2)17(23)22-11-6-4-5-10(7-11)15-14-12(18(24)25)8-19-16(14)21-9-20-15/h3-9H,1-2H3,(H,22,23)(H,24,25)(H,19,20,21)/b13-3+. The third-order valence-electron chi connectivity index (χ3n) is 3.80. The molecule has 1 amide bonds. The Kier molecular flexibility index (Phi) is 4.66. The molecule has 3 N–H and O–H groups in total. The van der Waals surface area contributed by atoms with Crippen LogP contribution >= 0.6 is 0 Å². The molecule has 0 aliphatic carbocycles. The first-order chi connectivity index (χ1) is 12.5. The number of allylic oxidation sites excluding steroid dienone is 1. The highest BCUT2D eigenvalue weighted by molar-refractivity contribution is 6.08. The van der Waals surface area contributed by atoms with E-state index in [0.717, 1.165) is 0 Å². The minimum Gasteiger partial charge on any atom is -0.491 e. The fraction of sp³-hybridized carbons (Fsp3) is 0.111. The van der Waals surface area contributed by atoms with Crippen molar-refractivity contribution in [1.29, 1.82) is 0 Å². The number of carbonyl (C=O) groups excluding carboxylic acids is 1. The number of fused-ring (bicyclic) bond motifs is 1. The largest absolute Gasteiger partial charge is 0.491 e. The number of ether oxygens (including phenoxy) is 1. The smallest absolute Gasteiger partial charge is 0.338 e. The van der Waals surface area contributed by atoms with Crippen molar-refractivity contribution in [3.05, 3.63) is 54.2 Å². The summed E-state index contributed by atoms with van der Waals surface area (Å²) in [6, 6.07) is 6.95. The van der Waals surface area contributed by atoms with Crippen LogP contribution in [0.15, 0.2) is 48.6 Å². The van der Waals surface area contributed by atoms with Crippen LogP contribution in [0.25, 0.3) is 22.3 Å². The second kappa shape index (κ2) is 7.06. The van der Waals surface area contributed by atoms with Crippen molar-refractivity contribution in [3.8, 4) is 11.3 Å². The van der Waals surface area contributed by atoms with Crippen molar-refractivity contribution >= 4 is 28.6 Å². The Bertz CT molecular complexity index is 1020. The molecule has 0 atom stereocenters. The van der Waals surface area contributed by atoms with Gasteiger partial charge in [0.2, 0.25) is 0 Å². The molecule has 0 unspecified atom stereocenters. The van der Waals surface area contributed by atoms with Gasteiger partial charge in [-0.25, -0.2) is 14.8 Å². The number of hydrogen-bond acceptors (Lipinski definition) is 5. The van der Waals surface area contributed by atoms with Crippen molar-refractivity contribution in [1.82, 2.24) is 15.0 Å². The fourth-order valence-corrected chi connectivity index (χ4v) is 2.63. The molecule has 1 aromatic carbocycles. The number of H-pyrrole nitrogens is 1. The van der Waals surface area contributed by atoms with Gasteiger partial charge >= 0.3 is 5.97 Å². The molecule has 0 radical (unpaired) electrons. The number of carboxylic acids is 1. The van der Waals surface area contributed by atoms with E-state index in [1.807, 2.05) is 0 Å². The predicted octanol–water partition coefficient (Wildman–Crippen LogP) is 2.81. The molecule has 2 heterocycles. The highest BCUT2D eigenvalue weighted by atomic mass is 16.5. The lowest BCUT2D eigenvalue weighted by Crippen LogP contribution is -2.15. The Balaban J connectivity index is 2.04. The lowest BCUT2D eigenvalue weighted by atomic mass is 10.1. The SMILES string of the molecule is C/C=C(/OC)C(=O)Nc1cccc(-c2ncnc3[nH]cc(C(=O)O)c23)c1. The molecule has 2 aromatic heterocycles. The Morgan fingerprint density at radius 3 is 2.81 bits per heavy atom. The van der Waals surface area contributed by atoms with Crippen molar-refractivity contribution in [2.45, 2.75) is 6.92 Å². The number of benzene rings is 1. The summed E-state index contributed by atoms with van der Waals surface area (Å²) in [5, 5.41) is 12.5. The van der Waals surface area contributed by atoms with Gasteiger partial charge in [-0.05, 0) is 25.1 Å². The minimum absolute atomic E-state index is 0.0839. The van der Waals surface area contributed by atoms with Crippen LogP contribution in [-0.2, 0) is 9.53 Å². The van der Waals surface area contributed by atoms with Crippen molar-refractivity contribution < 1.29 is 19.4 Å². The number of nitrogens with zero attached hydrogens (tertiary/aromatic N) is 2. The monoisotopic (exact) mass is 352 g/mol. The summed E-state index contributed by atoms with van der Waals surface area (Å²) < 4.78 is 5.00. The summed E-state index contributed by atoms with van der Waals surface area (Å²) in [5.41, 5.74) is 2.15. The molecule has 8 heteroatoms. The van der Waals surface area contributed by atoms with Gasteiger partial charge in [0.25, 0.3) is 5.91 Å². The first-order valence-corrected chi connectivity index (χ1v) is 7.72. The van der Waals surface area contributed by atoms with E-state index in [-0.39, 0.29) is 17.2 Å². The molecule has 0 aliphatic heterocycles. The number of amides is 1. The average Bonchev–Trinajstić information content (AvgIpc) is 3.07. The van der Waals surface area contributed by atoms with E-state index in [0.29, 0.717) is 28.0 Å². The van der Waals surface area contributed by atoms with E-state index in [1.165, 1.54) is 19.6 Å². The summed E-state index contributed by atoms with van der Waals surface area (Å²) in [6.45, 7) is 1.70. The summed E-state index contributed by atoms with van der Waals surface area (Å²) in [5.74, 6) is -1.26. The number of aromatic amines is 1. The molecule has 0 aliphatic rings. The average molecular weight is 352 g/mol. The molecule has 3 aromatic rings. The molecule has 8 nitrogen and oxygen atoms in total. The molecule has 0 saturated heterocycles.